The lowest BCUT2D eigenvalue weighted by Crippen LogP contribution is -2.46. The molecule has 1 unspecified atom stereocenters. The van der Waals surface area contributed by atoms with Gasteiger partial charge in [0.2, 0.25) is 0 Å². The van der Waals surface area contributed by atoms with Crippen molar-refractivity contribution in [2.45, 2.75) is 97.5 Å². The normalized spacial score (nSPS) is 28.1. The van der Waals surface area contributed by atoms with E-state index in [1.165, 1.54) is 12.8 Å². The average Bonchev–Trinajstić information content (AvgIpc) is 3.03. The van der Waals surface area contributed by atoms with Crippen LogP contribution in [0.1, 0.15) is 72.9 Å². The highest BCUT2D eigenvalue weighted by Gasteiger charge is 2.52. The van der Waals surface area contributed by atoms with Crippen LogP contribution < -0.4 is 5.46 Å². The molecule has 0 spiro atoms. The summed E-state index contributed by atoms with van der Waals surface area (Å²) in [4.78, 5) is 0. The predicted molar refractivity (Wildman–Crippen MR) is 115 cm³/mol. The van der Waals surface area contributed by atoms with Crippen LogP contribution >= 0.6 is 0 Å². The molecule has 2 heterocycles. The van der Waals surface area contributed by atoms with Crippen LogP contribution in [-0.4, -0.2) is 54.0 Å². The van der Waals surface area contributed by atoms with Gasteiger partial charge >= 0.3 is 7.12 Å². The van der Waals surface area contributed by atoms with Gasteiger partial charge in [-0.25, -0.2) is 0 Å². The van der Waals surface area contributed by atoms with Crippen LogP contribution in [0, 0.1) is 12.3 Å². The second kappa shape index (κ2) is 7.99. The Labute approximate surface area is 176 Å². The summed E-state index contributed by atoms with van der Waals surface area (Å²) in [6.07, 6.45) is 6.37. The van der Waals surface area contributed by atoms with Crippen molar-refractivity contribution in [3.8, 4) is 0 Å². The maximum Gasteiger partial charge on any atom is 0.498 e. The van der Waals surface area contributed by atoms with Crippen molar-refractivity contribution in [1.82, 2.24) is 9.78 Å². The van der Waals surface area contributed by atoms with E-state index in [0.717, 1.165) is 30.5 Å². The fourth-order valence-corrected chi connectivity index (χ4v) is 4.68. The lowest BCUT2D eigenvalue weighted by molar-refractivity contribution is -0.119. The van der Waals surface area contributed by atoms with Crippen LogP contribution in [0.3, 0.4) is 0 Å². The summed E-state index contributed by atoms with van der Waals surface area (Å²) in [6.45, 7) is 17.1. The number of aromatic nitrogens is 2. The minimum absolute atomic E-state index is 0.218. The lowest BCUT2D eigenvalue weighted by atomic mass is 9.69. The molecule has 6 nitrogen and oxygen atoms in total. The first-order valence-electron chi connectivity index (χ1n) is 10.9. The standard InChI is InChI=1S/C22H39BN2O4/c1-17-18(23-28-20(4,5)21(6,7)29-23)14-24-25(17)16-22(27-13-12-26-8)11-9-10-19(2,3)15-22/h14H,9-13,15-16H2,1-8H3. The second-order valence-electron chi connectivity index (χ2n) is 10.7. The molecule has 3 rings (SSSR count). The maximum atomic E-state index is 6.46. The molecule has 0 radical (unpaired) electrons. The molecule has 0 aromatic carbocycles. The van der Waals surface area contributed by atoms with E-state index in [4.69, 9.17) is 23.9 Å². The number of methoxy groups -OCH3 is 1. The zero-order valence-corrected chi connectivity index (χ0v) is 19.6. The molecule has 1 aliphatic carbocycles. The van der Waals surface area contributed by atoms with Crippen molar-refractivity contribution in [1.29, 1.82) is 0 Å². The van der Waals surface area contributed by atoms with Crippen LogP contribution in [0.4, 0.5) is 0 Å². The Kier molecular flexibility index (Phi) is 6.28. The van der Waals surface area contributed by atoms with Gasteiger partial charge in [-0.15, -0.1) is 0 Å². The van der Waals surface area contributed by atoms with Gasteiger partial charge in [-0.3, -0.25) is 4.68 Å². The quantitative estimate of drug-likeness (QED) is 0.513. The Balaban J connectivity index is 1.81. The Hall–Kier alpha value is -0.885. The van der Waals surface area contributed by atoms with E-state index in [-0.39, 0.29) is 29.3 Å². The number of nitrogens with zero attached hydrogens (tertiary/aromatic N) is 2. The molecule has 7 heteroatoms. The lowest BCUT2D eigenvalue weighted by Gasteiger charge is -2.45. The topological polar surface area (TPSA) is 54.7 Å². The molecule has 1 atom stereocenters. The smallest absolute Gasteiger partial charge is 0.399 e. The van der Waals surface area contributed by atoms with Gasteiger partial charge in [0.25, 0.3) is 0 Å². The van der Waals surface area contributed by atoms with Crippen molar-refractivity contribution >= 4 is 12.6 Å². The summed E-state index contributed by atoms with van der Waals surface area (Å²) in [6, 6.07) is 0. The summed E-state index contributed by atoms with van der Waals surface area (Å²) in [5, 5.41) is 4.72. The molecule has 1 aliphatic heterocycles. The molecule has 0 amide bonds. The highest BCUT2D eigenvalue weighted by atomic mass is 16.7. The third-order valence-corrected chi connectivity index (χ3v) is 7.07. The third-order valence-electron chi connectivity index (χ3n) is 7.07. The molecular weight excluding hydrogens is 367 g/mol. The molecule has 0 N–H and O–H groups in total. The van der Waals surface area contributed by atoms with Gasteiger partial charge in [0.1, 0.15) is 0 Å². The van der Waals surface area contributed by atoms with Gasteiger partial charge < -0.3 is 18.8 Å². The molecule has 2 fully saturated rings. The van der Waals surface area contributed by atoms with E-state index in [0.29, 0.717) is 13.2 Å². The van der Waals surface area contributed by atoms with Gasteiger partial charge in [-0.2, -0.15) is 5.10 Å². The fraction of sp³-hybridized carbons (Fsp3) is 0.864. The molecule has 164 valence electrons. The van der Waals surface area contributed by atoms with Gasteiger partial charge in [0.15, 0.2) is 0 Å². The monoisotopic (exact) mass is 406 g/mol. The van der Waals surface area contributed by atoms with E-state index in [1.54, 1.807) is 7.11 Å². The SMILES string of the molecule is COCCOC1(Cn2ncc(B3OC(C)(C)C(C)(C)O3)c2C)CCCC(C)(C)C1. The zero-order chi connectivity index (χ0) is 21.5. The summed E-state index contributed by atoms with van der Waals surface area (Å²) >= 11 is 0. The van der Waals surface area contributed by atoms with Crippen molar-refractivity contribution in [2.24, 2.45) is 5.41 Å². The molecule has 1 aromatic heterocycles. The first-order valence-corrected chi connectivity index (χ1v) is 10.9. The Morgan fingerprint density at radius 2 is 1.72 bits per heavy atom. The summed E-state index contributed by atoms with van der Waals surface area (Å²) in [5.41, 5.74) is 1.42. The first kappa shape index (κ1) is 22.8. The van der Waals surface area contributed by atoms with Crippen molar-refractivity contribution < 1.29 is 18.8 Å². The van der Waals surface area contributed by atoms with Crippen LogP contribution in [0.2, 0.25) is 0 Å². The highest BCUT2D eigenvalue weighted by molar-refractivity contribution is 6.62. The Bertz CT molecular complexity index is 700. The van der Waals surface area contributed by atoms with Gasteiger partial charge in [-0.05, 0) is 65.7 Å². The molecule has 1 aromatic rings. The molecule has 1 saturated carbocycles. The van der Waals surface area contributed by atoms with Gasteiger partial charge in [0, 0.05) is 24.5 Å². The van der Waals surface area contributed by atoms with E-state index in [2.05, 4.69) is 53.1 Å². The van der Waals surface area contributed by atoms with Crippen molar-refractivity contribution in [3.63, 3.8) is 0 Å². The average molecular weight is 406 g/mol. The molecule has 2 aliphatic rings. The van der Waals surface area contributed by atoms with Crippen LogP contribution in [0.5, 0.6) is 0 Å². The van der Waals surface area contributed by atoms with E-state index < -0.39 is 0 Å². The number of ether oxygens (including phenoxy) is 2. The predicted octanol–water partition coefficient (Wildman–Crippen LogP) is 3.49. The number of hydrogen-bond donors (Lipinski definition) is 0. The number of rotatable bonds is 7. The molecular formula is C22H39BN2O4. The first-order chi connectivity index (χ1) is 13.4. The van der Waals surface area contributed by atoms with E-state index >= 15 is 0 Å². The van der Waals surface area contributed by atoms with Crippen LogP contribution in [-0.2, 0) is 25.3 Å². The highest BCUT2D eigenvalue weighted by Crippen LogP contribution is 2.44. The zero-order valence-electron chi connectivity index (χ0n) is 19.6. The Morgan fingerprint density at radius 1 is 1.07 bits per heavy atom. The molecule has 29 heavy (non-hydrogen) atoms. The summed E-state index contributed by atoms with van der Waals surface area (Å²) < 4.78 is 26.3. The second-order valence-corrected chi connectivity index (χ2v) is 10.7. The van der Waals surface area contributed by atoms with Crippen molar-refractivity contribution in [2.75, 3.05) is 20.3 Å². The Morgan fingerprint density at radius 3 is 2.31 bits per heavy atom. The van der Waals surface area contributed by atoms with Crippen molar-refractivity contribution in [3.05, 3.63) is 11.9 Å². The maximum absolute atomic E-state index is 6.46. The third kappa shape index (κ3) is 4.73. The van der Waals surface area contributed by atoms with E-state index in [9.17, 15) is 0 Å². The molecule has 1 saturated heterocycles. The number of hydrogen-bond acceptors (Lipinski definition) is 5. The molecule has 0 bridgehead atoms. The van der Waals surface area contributed by atoms with Crippen LogP contribution in [0.15, 0.2) is 6.20 Å². The largest absolute Gasteiger partial charge is 0.498 e. The van der Waals surface area contributed by atoms with Gasteiger partial charge in [0.05, 0.1) is 36.6 Å². The summed E-state index contributed by atoms with van der Waals surface area (Å²) in [5.74, 6) is 0. The summed E-state index contributed by atoms with van der Waals surface area (Å²) in [7, 11) is 1.33. The fourth-order valence-electron chi connectivity index (χ4n) is 4.68. The van der Waals surface area contributed by atoms with Gasteiger partial charge in [-0.1, -0.05) is 13.8 Å². The minimum atomic E-state index is -0.387. The van der Waals surface area contributed by atoms with E-state index in [1.807, 2.05) is 6.20 Å². The minimum Gasteiger partial charge on any atom is -0.399 e. The van der Waals surface area contributed by atoms with Crippen LogP contribution in [0.25, 0.3) is 0 Å².